The van der Waals surface area contributed by atoms with E-state index in [1.54, 1.807) is 11.8 Å². The van der Waals surface area contributed by atoms with Gasteiger partial charge in [0.15, 0.2) is 0 Å². The molecule has 2 aromatic rings. The minimum Gasteiger partial charge on any atom is -0.491 e. The summed E-state index contributed by atoms with van der Waals surface area (Å²) in [5.74, 6) is 0.740. The van der Waals surface area contributed by atoms with Crippen molar-refractivity contribution in [1.29, 1.82) is 0 Å². The molecule has 2 aromatic carbocycles. The van der Waals surface area contributed by atoms with Gasteiger partial charge in [0.05, 0.1) is 6.10 Å². The molecule has 2 rings (SSSR count). The third-order valence-electron chi connectivity index (χ3n) is 3.01. The fourth-order valence-electron chi connectivity index (χ4n) is 2.03. The average Bonchev–Trinajstić information content (AvgIpc) is 2.46. The minimum atomic E-state index is -0.666. The molecule has 20 heavy (non-hydrogen) atoms. The van der Waals surface area contributed by atoms with Gasteiger partial charge in [-0.15, -0.1) is 11.8 Å². The highest BCUT2D eigenvalue weighted by molar-refractivity contribution is 7.98. The Morgan fingerprint density at radius 2 is 1.65 bits per heavy atom. The Morgan fingerprint density at radius 1 is 1.00 bits per heavy atom. The molecule has 0 aliphatic heterocycles. The number of hydrogen-bond donors (Lipinski definition) is 1. The Bertz CT molecular complexity index is 549. The summed E-state index contributed by atoms with van der Waals surface area (Å²) in [7, 11) is 0. The first kappa shape index (κ1) is 14.9. The lowest BCUT2D eigenvalue weighted by atomic mass is 10.0. The molecule has 0 bridgehead atoms. The maximum Gasteiger partial charge on any atom is 0.125 e. The van der Waals surface area contributed by atoms with Crippen LogP contribution in [0.15, 0.2) is 53.4 Å². The van der Waals surface area contributed by atoms with E-state index in [1.807, 2.05) is 68.6 Å². The predicted octanol–water partition coefficient (Wildman–Crippen LogP) is 4.28. The molecule has 2 nitrogen and oxygen atoms in total. The number of rotatable bonds is 5. The van der Waals surface area contributed by atoms with Gasteiger partial charge in [-0.1, -0.05) is 30.3 Å². The average molecular weight is 288 g/mol. The van der Waals surface area contributed by atoms with E-state index in [0.29, 0.717) is 0 Å². The van der Waals surface area contributed by atoms with Crippen LogP contribution in [-0.4, -0.2) is 17.5 Å². The fourth-order valence-corrected chi connectivity index (χ4v) is 2.44. The Hall–Kier alpha value is -1.45. The van der Waals surface area contributed by atoms with Gasteiger partial charge in [0.2, 0.25) is 0 Å². The number of benzene rings is 2. The smallest absolute Gasteiger partial charge is 0.125 e. The van der Waals surface area contributed by atoms with E-state index in [1.165, 1.54) is 4.90 Å². The van der Waals surface area contributed by atoms with Crippen LogP contribution < -0.4 is 4.74 Å². The molecule has 1 unspecified atom stereocenters. The second-order valence-electron chi connectivity index (χ2n) is 4.88. The lowest BCUT2D eigenvalue weighted by Gasteiger charge is -2.18. The number of aliphatic hydroxyl groups excluding tert-OH is 1. The largest absolute Gasteiger partial charge is 0.491 e. The maximum atomic E-state index is 10.6. The molecule has 106 valence electrons. The first-order valence-corrected chi connectivity index (χ1v) is 7.92. The number of para-hydroxylation sites is 1. The molecular formula is C17H20O2S. The van der Waals surface area contributed by atoms with Crippen LogP contribution in [0.2, 0.25) is 0 Å². The van der Waals surface area contributed by atoms with E-state index < -0.39 is 6.10 Å². The SMILES string of the molecule is CSc1ccc(C(O)c2ccccc2OC(C)C)cc1. The van der Waals surface area contributed by atoms with Gasteiger partial charge in [-0.05, 0) is 43.9 Å². The number of aliphatic hydroxyl groups is 1. The quantitative estimate of drug-likeness (QED) is 0.833. The molecule has 0 fully saturated rings. The molecule has 0 saturated carbocycles. The monoisotopic (exact) mass is 288 g/mol. The van der Waals surface area contributed by atoms with Crippen molar-refractivity contribution < 1.29 is 9.84 Å². The van der Waals surface area contributed by atoms with Crippen LogP contribution in [0, 0.1) is 0 Å². The van der Waals surface area contributed by atoms with Crippen molar-refractivity contribution in [2.45, 2.75) is 31.0 Å². The normalized spacial score (nSPS) is 12.4. The highest BCUT2D eigenvalue weighted by Gasteiger charge is 2.15. The van der Waals surface area contributed by atoms with Gasteiger partial charge in [0.25, 0.3) is 0 Å². The van der Waals surface area contributed by atoms with Gasteiger partial charge < -0.3 is 9.84 Å². The van der Waals surface area contributed by atoms with Crippen LogP contribution in [0.3, 0.4) is 0 Å². The summed E-state index contributed by atoms with van der Waals surface area (Å²) in [6.45, 7) is 3.97. The van der Waals surface area contributed by atoms with E-state index >= 15 is 0 Å². The molecule has 0 heterocycles. The number of hydrogen-bond acceptors (Lipinski definition) is 3. The Labute approximate surface area is 124 Å². The lowest BCUT2D eigenvalue weighted by Crippen LogP contribution is -2.09. The zero-order chi connectivity index (χ0) is 14.5. The summed E-state index contributed by atoms with van der Waals surface area (Å²) in [6.07, 6.45) is 1.46. The molecular weight excluding hydrogens is 268 g/mol. The fraction of sp³-hybridized carbons (Fsp3) is 0.294. The zero-order valence-electron chi connectivity index (χ0n) is 12.0. The molecule has 0 spiro atoms. The van der Waals surface area contributed by atoms with Gasteiger partial charge in [-0.25, -0.2) is 0 Å². The highest BCUT2D eigenvalue weighted by atomic mass is 32.2. The van der Waals surface area contributed by atoms with Crippen molar-refractivity contribution in [3.8, 4) is 5.75 Å². The minimum absolute atomic E-state index is 0.0854. The Morgan fingerprint density at radius 3 is 2.25 bits per heavy atom. The Kier molecular flexibility index (Phi) is 5.10. The molecule has 0 aliphatic carbocycles. The highest BCUT2D eigenvalue weighted by Crippen LogP contribution is 2.31. The molecule has 3 heteroatoms. The third-order valence-corrected chi connectivity index (χ3v) is 3.75. The van der Waals surface area contributed by atoms with Crippen LogP contribution in [0.5, 0.6) is 5.75 Å². The second-order valence-corrected chi connectivity index (χ2v) is 5.76. The molecule has 1 N–H and O–H groups in total. The van der Waals surface area contributed by atoms with E-state index in [4.69, 9.17) is 4.74 Å². The van der Waals surface area contributed by atoms with Crippen molar-refractivity contribution in [1.82, 2.24) is 0 Å². The number of thioether (sulfide) groups is 1. The van der Waals surface area contributed by atoms with Crippen LogP contribution in [0.4, 0.5) is 0 Å². The molecule has 0 radical (unpaired) electrons. The van der Waals surface area contributed by atoms with E-state index in [2.05, 4.69) is 0 Å². The van der Waals surface area contributed by atoms with Crippen molar-refractivity contribution in [2.24, 2.45) is 0 Å². The van der Waals surface area contributed by atoms with Crippen molar-refractivity contribution in [3.05, 3.63) is 59.7 Å². The molecule has 1 atom stereocenters. The van der Waals surface area contributed by atoms with Gasteiger partial charge in [0, 0.05) is 10.5 Å². The standard InChI is InChI=1S/C17H20O2S/c1-12(2)19-16-7-5-4-6-15(16)17(18)13-8-10-14(20-3)11-9-13/h4-12,17-18H,1-3H3. The van der Waals surface area contributed by atoms with Crippen LogP contribution >= 0.6 is 11.8 Å². The van der Waals surface area contributed by atoms with Gasteiger partial charge in [-0.3, -0.25) is 0 Å². The summed E-state index contributed by atoms with van der Waals surface area (Å²) in [5.41, 5.74) is 1.68. The molecule has 0 amide bonds. The van der Waals surface area contributed by atoms with Gasteiger partial charge in [0.1, 0.15) is 11.9 Å². The molecule has 0 aliphatic rings. The van der Waals surface area contributed by atoms with Crippen molar-refractivity contribution >= 4 is 11.8 Å². The van der Waals surface area contributed by atoms with E-state index in [9.17, 15) is 5.11 Å². The summed E-state index contributed by atoms with van der Waals surface area (Å²) >= 11 is 1.69. The first-order valence-electron chi connectivity index (χ1n) is 6.69. The third kappa shape index (κ3) is 3.56. The second kappa shape index (κ2) is 6.82. The first-order chi connectivity index (χ1) is 9.61. The van der Waals surface area contributed by atoms with E-state index in [0.717, 1.165) is 16.9 Å². The van der Waals surface area contributed by atoms with E-state index in [-0.39, 0.29) is 6.10 Å². The summed E-state index contributed by atoms with van der Waals surface area (Å²) < 4.78 is 5.77. The van der Waals surface area contributed by atoms with Crippen LogP contribution in [-0.2, 0) is 0 Å². The van der Waals surface area contributed by atoms with Crippen molar-refractivity contribution in [2.75, 3.05) is 6.26 Å². The summed E-state index contributed by atoms with van der Waals surface area (Å²) in [6, 6.07) is 15.6. The van der Waals surface area contributed by atoms with Gasteiger partial charge in [-0.2, -0.15) is 0 Å². The zero-order valence-corrected chi connectivity index (χ0v) is 12.9. The Balaban J connectivity index is 2.29. The molecule has 0 aromatic heterocycles. The topological polar surface area (TPSA) is 29.5 Å². The molecule has 0 saturated heterocycles. The van der Waals surface area contributed by atoms with Crippen molar-refractivity contribution in [3.63, 3.8) is 0 Å². The lowest BCUT2D eigenvalue weighted by molar-refractivity contribution is 0.198. The maximum absolute atomic E-state index is 10.6. The van der Waals surface area contributed by atoms with Crippen LogP contribution in [0.25, 0.3) is 0 Å². The number of ether oxygens (including phenoxy) is 1. The van der Waals surface area contributed by atoms with Gasteiger partial charge >= 0.3 is 0 Å². The predicted molar refractivity (Wildman–Crippen MR) is 84.5 cm³/mol. The summed E-state index contributed by atoms with van der Waals surface area (Å²) in [4.78, 5) is 1.19. The van der Waals surface area contributed by atoms with Crippen LogP contribution in [0.1, 0.15) is 31.1 Å². The summed E-state index contributed by atoms with van der Waals surface area (Å²) in [5, 5.41) is 10.6.